The number of nitrogens with one attached hydrogen (secondary N) is 1. The fraction of sp³-hybridized carbons (Fsp3) is 0.765. The molecule has 1 aromatic heterocycles. The molecule has 0 amide bonds. The zero-order valence-corrected chi connectivity index (χ0v) is 14.2. The predicted molar refractivity (Wildman–Crippen MR) is 90.1 cm³/mol. The Morgan fingerprint density at radius 2 is 2.00 bits per heavy atom. The maximum atomic E-state index is 4.63. The van der Waals surface area contributed by atoms with Gasteiger partial charge in [-0.2, -0.15) is 0 Å². The summed E-state index contributed by atoms with van der Waals surface area (Å²) in [5, 5.41) is 3.39. The zero-order chi connectivity index (χ0) is 15.4. The standard InChI is InChI=1S/C17H30N4/c1-6-18-16-15(12(2)3)17(20-11-19-16)21(5)14-10-8-7-9-13(14)4/h11-14H,6-10H2,1-5H3,(H,18,19,20). The van der Waals surface area contributed by atoms with Gasteiger partial charge in [0, 0.05) is 25.2 Å². The number of aromatic nitrogens is 2. The Labute approximate surface area is 129 Å². The molecule has 1 aromatic rings. The first-order chi connectivity index (χ1) is 10.1. The lowest BCUT2D eigenvalue weighted by atomic mass is 9.85. The second-order valence-electron chi connectivity index (χ2n) is 6.58. The Bertz CT molecular complexity index is 458. The van der Waals surface area contributed by atoms with Gasteiger partial charge in [-0.1, -0.05) is 33.6 Å². The van der Waals surface area contributed by atoms with E-state index in [1.807, 2.05) is 0 Å². The van der Waals surface area contributed by atoms with E-state index in [0.29, 0.717) is 12.0 Å². The second-order valence-corrected chi connectivity index (χ2v) is 6.58. The molecule has 1 fully saturated rings. The molecule has 1 aliphatic rings. The van der Waals surface area contributed by atoms with E-state index in [1.165, 1.54) is 31.2 Å². The van der Waals surface area contributed by atoms with Crippen molar-refractivity contribution in [2.75, 3.05) is 23.8 Å². The van der Waals surface area contributed by atoms with Gasteiger partial charge in [-0.3, -0.25) is 0 Å². The summed E-state index contributed by atoms with van der Waals surface area (Å²) >= 11 is 0. The van der Waals surface area contributed by atoms with E-state index < -0.39 is 0 Å². The van der Waals surface area contributed by atoms with E-state index in [2.05, 4.69) is 54.9 Å². The first kappa shape index (κ1) is 16.1. The minimum absolute atomic E-state index is 0.414. The lowest BCUT2D eigenvalue weighted by Crippen LogP contribution is -2.40. The number of rotatable bonds is 5. The van der Waals surface area contributed by atoms with E-state index in [0.717, 1.165) is 24.1 Å². The van der Waals surface area contributed by atoms with Crippen molar-refractivity contribution < 1.29 is 0 Å². The number of anilines is 2. The highest BCUT2D eigenvalue weighted by Gasteiger charge is 2.28. The van der Waals surface area contributed by atoms with Crippen molar-refractivity contribution in [3.8, 4) is 0 Å². The molecule has 2 unspecified atom stereocenters. The fourth-order valence-electron chi connectivity index (χ4n) is 3.54. The molecule has 4 nitrogen and oxygen atoms in total. The van der Waals surface area contributed by atoms with Crippen LogP contribution in [0.25, 0.3) is 0 Å². The fourth-order valence-corrected chi connectivity index (χ4v) is 3.54. The number of hydrogen-bond donors (Lipinski definition) is 1. The normalized spacial score (nSPS) is 22.4. The van der Waals surface area contributed by atoms with Gasteiger partial charge in [-0.15, -0.1) is 0 Å². The highest BCUT2D eigenvalue weighted by Crippen LogP contribution is 2.35. The van der Waals surface area contributed by atoms with Crippen molar-refractivity contribution in [2.45, 2.75) is 65.3 Å². The van der Waals surface area contributed by atoms with Gasteiger partial charge >= 0.3 is 0 Å². The monoisotopic (exact) mass is 290 g/mol. The van der Waals surface area contributed by atoms with Crippen LogP contribution in [0, 0.1) is 5.92 Å². The average Bonchev–Trinajstić information content (AvgIpc) is 2.47. The Balaban J connectivity index is 2.35. The molecule has 2 atom stereocenters. The lowest BCUT2D eigenvalue weighted by Gasteiger charge is -2.38. The van der Waals surface area contributed by atoms with Crippen molar-refractivity contribution in [3.05, 3.63) is 11.9 Å². The maximum absolute atomic E-state index is 4.63. The third-order valence-electron chi connectivity index (χ3n) is 4.68. The van der Waals surface area contributed by atoms with Crippen LogP contribution in [0.3, 0.4) is 0 Å². The van der Waals surface area contributed by atoms with E-state index in [-0.39, 0.29) is 0 Å². The molecule has 1 N–H and O–H groups in total. The quantitative estimate of drug-likeness (QED) is 0.888. The molecule has 0 saturated heterocycles. The van der Waals surface area contributed by atoms with Crippen LogP contribution in [-0.2, 0) is 0 Å². The van der Waals surface area contributed by atoms with Crippen molar-refractivity contribution in [2.24, 2.45) is 5.92 Å². The molecule has 118 valence electrons. The average molecular weight is 290 g/mol. The summed E-state index contributed by atoms with van der Waals surface area (Å²) < 4.78 is 0. The molecule has 1 saturated carbocycles. The summed E-state index contributed by atoms with van der Waals surface area (Å²) in [7, 11) is 2.20. The van der Waals surface area contributed by atoms with Gasteiger partial charge in [0.05, 0.1) is 0 Å². The molecule has 1 aliphatic carbocycles. The van der Waals surface area contributed by atoms with Gasteiger partial charge in [-0.05, 0) is 31.6 Å². The third kappa shape index (κ3) is 3.47. The van der Waals surface area contributed by atoms with Gasteiger partial charge < -0.3 is 10.2 Å². The SMILES string of the molecule is CCNc1ncnc(N(C)C2CCCCC2C)c1C(C)C. The Kier molecular flexibility index (Phi) is 5.43. The Morgan fingerprint density at radius 1 is 1.29 bits per heavy atom. The van der Waals surface area contributed by atoms with E-state index in [9.17, 15) is 0 Å². The molecule has 2 rings (SSSR count). The third-order valence-corrected chi connectivity index (χ3v) is 4.68. The van der Waals surface area contributed by atoms with Crippen LogP contribution in [-0.4, -0.2) is 29.6 Å². The van der Waals surface area contributed by atoms with Crippen molar-refractivity contribution in [1.29, 1.82) is 0 Å². The summed E-state index contributed by atoms with van der Waals surface area (Å²) in [5.74, 6) is 3.25. The predicted octanol–water partition coefficient (Wildman–Crippen LogP) is 4.05. The number of hydrogen-bond acceptors (Lipinski definition) is 4. The lowest BCUT2D eigenvalue weighted by molar-refractivity contribution is 0.320. The van der Waals surface area contributed by atoms with Crippen molar-refractivity contribution in [1.82, 2.24) is 9.97 Å². The van der Waals surface area contributed by atoms with Gasteiger partial charge in [0.2, 0.25) is 0 Å². The molecule has 4 heteroatoms. The minimum atomic E-state index is 0.414. The largest absolute Gasteiger partial charge is 0.370 e. The van der Waals surface area contributed by atoms with Crippen LogP contribution in [0.15, 0.2) is 6.33 Å². The van der Waals surface area contributed by atoms with E-state index >= 15 is 0 Å². The van der Waals surface area contributed by atoms with Crippen LogP contribution >= 0.6 is 0 Å². The summed E-state index contributed by atoms with van der Waals surface area (Å²) in [4.78, 5) is 11.5. The Hall–Kier alpha value is -1.32. The summed E-state index contributed by atoms with van der Waals surface area (Å²) in [6, 6.07) is 0.598. The van der Waals surface area contributed by atoms with Gasteiger partial charge in [-0.25, -0.2) is 9.97 Å². The molecule has 0 spiro atoms. The molecule has 21 heavy (non-hydrogen) atoms. The van der Waals surface area contributed by atoms with Gasteiger partial charge in [0.15, 0.2) is 0 Å². The maximum Gasteiger partial charge on any atom is 0.137 e. The molecular weight excluding hydrogens is 260 g/mol. The molecule has 0 bridgehead atoms. The van der Waals surface area contributed by atoms with Crippen molar-refractivity contribution >= 4 is 11.6 Å². The highest BCUT2D eigenvalue weighted by molar-refractivity contribution is 5.60. The molecule has 0 aliphatic heterocycles. The van der Waals surface area contributed by atoms with Crippen molar-refractivity contribution in [3.63, 3.8) is 0 Å². The first-order valence-corrected chi connectivity index (χ1v) is 8.37. The number of nitrogens with zero attached hydrogens (tertiary/aromatic N) is 3. The Morgan fingerprint density at radius 3 is 2.62 bits per heavy atom. The second kappa shape index (κ2) is 7.10. The zero-order valence-electron chi connectivity index (χ0n) is 14.2. The van der Waals surface area contributed by atoms with E-state index in [1.54, 1.807) is 6.33 Å². The van der Waals surface area contributed by atoms with Crippen LogP contribution in [0.5, 0.6) is 0 Å². The smallest absolute Gasteiger partial charge is 0.137 e. The molecule has 0 radical (unpaired) electrons. The summed E-state index contributed by atoms with van der Waals surface area (Å²) in [6.45, 7) is 9.82. The summed E-state index contributed by atoms with van der Waals surface area (Å²) in [5.41, 5.74) is 1.25. The van der Waals surface area contributed by atoms with Crippen LogP contribution in [0.1, 0.15) is 64.9 Å². The van der Waals surface area contributed by atoms with Crippen LogP contribution in [0.2, 0.25) is 0 Å². The van der Waals surface area contributed by atoms with Crippen LogP contribution in [0.4, 0.5) is 11.6 Å². The minimum Gasteiger partial charge on any atom is -0.370 e. The highest BCUT2D eigenvalue weighted by atomic mass is 15.2. The summed E-state index contributed by atoms with van der Waals surface area (Å²) in [6.07, 6.45) is 7.01. The van der Waals surface area contributed by atoms with Gasteiger partial charge in [0.25, 0.3) is 0 Å². The molecule has 0 aromatic carbocycles. The topological polar surface area (TPSA) is 41.1 Å². The van der Waals surface area contributed by atoms with Crippen LogP contribution < -0.4 is 10.2 Å². The van der Waals surface area contributed by atoms with E-state index in [4.69, 9.17) is 0 Å². The molecule has 1 heterocycles. The molecular formula is C17H30N4. The van der Waals surface area contributed by atoms with Gasteiger partial charge in [0.1, 0.15) is 18.0 Å². The first-order valence-electron chi connectivity index (χ1n) is 8.37.